The van der Waals surface area contributed by atoms with Crippen LogP contribution in [0.25, 0.3) is 0 Å². The first-order valence-corrected chi connectivity index (χ1v) is 8.88. The zero-order chi connectivity index (χ0) is 18.5. The summed E-state index contributed by atoms with van der Waals surface area (Å²) in [5.74, 6) is 0.607. The van der Waals surface area contributed by atoms with Gasteiger partial charge in [0.2, 0.25) is 11.8 Å². The number of carbonyl (C=O) groups is 2. The molecule has 0 fully saturated rings. The molecule has 0 unspecified atom stereocenters. The molecule has 26 heavy (non-hydrogen) atoms. The van der Waals surface area contributed by atoms with E-state index in [-0.39, 0.29) is 24.3 Å². The Bertz CT molecular complexity index is 786. The van der Waals surface area contributed by atoms with Crippen molar-refractivity contribution >= 4 is 17.5 Å². The maximum atomic E-state index is 13.0. The van der Waals surface area contributed by atoms with Crippen molar-refractivity contribution < 1.29 is 14.3 Å². The van der Waals surface area contributed by atoms with Crippen molar-refractivity contribution in [3.05, 3.63) is 59.7 Å². The predicted octanol–water partition coefficient (Wildman–Crippen LogP) is 3.24. The van der Waals surface area contributed by atoms with E-state index < -0.39 is 0 Å². The monoisotopic (exact) mass is 352 g/mol. The Morgan fingerprint density at radius 2 is 1.88 bits per heavy atom. The Morgan fingerprint density at radius 3 is 2.58 bits per heavy atom. The standard InChI is InChI=1S/C21H24N2O3/c1-15(24)22-19(16-9-11-18(26-2)12-10-16)14-21(25)23-13-5-7-17-6-3-4-8-20(17)23/h3-4,6,8-12,19H,5,7,13-14H2,1-2H3,(H,22,24)/t19-/m0/s1. The second kappa shape index (κ2) is 8.04. The van der Waals surface area contributed by atoms with E-state index in [1.807, 2.05) is 47.4 Å². The first-order chi connectivity index (χ1) is 12.6. The molecule has 5 heteroatoms. The van der Waals surface area contributed by atoms with Gasteiger partial charge in [0.25, 0.3) is 0 Å². The smallest absolute Gasteiger partial charge is 0.229 e. The molecular weight excluding hydrogens is 328 g/mol. The number of para-hydroxylation sites is 1. The van der Waals surface area contributed by atoms with E-state index in [1.165, 1.54) is 12.5 Å². The fourth-order valence-corrected chi connectivity index (χ4v) is 3.41. The minimum atomic E-state index is -0.361. The average Bonchev–Trinajstić information content (AvgIpc) is 2.66. The molecule has 0 bridgehead atoms. The summed E-state index contributed by atoms with van der Waals surface area (Å²) in [5.41, 5.74) is 3.08. The summed E-state index contributed by atoms with van der Waals surface area (Å²) in [4.78, 5) is 26.5. The lowest BCUT2D eigenvalue weighted by Crippen LogP contribution is -2.38. The highest BCUT2D eigenvalue weighted by atomic mass is 16.5. The van der Waals surface area contributed by atoms with Crippen LogP contribution in [0, 0.1) is 0 Å². The van der Waals surface area contributed by atoms with Crippen LogP contribution in [0.2, 0.25) is 0 Å². The van der Waals surface area contributed by atoms with Crippen LogP contribution in [0.5, 0.6) is 5.75 Å². The van der Waals surface area contributed by atoms with Crippen LogP contribution in [0.15, 0.2) is 48.5 Å². The Morgan fingerprint density at radius 1 is 1.15 bits per heavy atom. The Hall–Kier alpha value is -2.82. The molecule has 2 amide bonds. The number of aryl methyl sites for hydroxylation is 1. The fraction of sp³-hybridized carbons (Fsp3) is 0.333. The average molecular weight is 352 g/mol. The van der Waals surface area contributed by atoms with Crippen molar-refractivity contribution in [1.29, 1.82) is 0 Å². The van der Waals surface area contributed by atoms with Crippen LogP contribution in [0.3, 0.4) is 0 Å². The number of hydrogen-bond acceptors (Lipinski definition) is 3. The summed E-state index contributed by atoms with van der Waals surface area (Å²) in [5, 5.41) is 2.90. The summed E-state index contributed by atoms with van der Waals surface area (Å²) in [6, 6.07) is 15.1. The number of anilines is 1. The number of amides is 2. The molecule has 0 saturated heterocycles. The lowest BCUT2D eigenvalue weighted by Gasteiger charge is -2.31. The van der Waals surface area contributed by atoms with Gasteiger partial charge in [-0.1, -0.05) is 30.3 Å². The van der Waals surface area contributed by atoms with Crippen LogP contribution in [-0.4, -0.2) is 25.5 Å². The van der Waals surface area contributed by atoms with Crippen LogP contribution < -0.4 is 15.0 Å². The number of nitrogens with zero attached hydrogens (tertiary/aromatic N) is 1. The molecule has 2 aromatic rings. The van der Waals surface area contributed by atoms with Gasteiger partial charge < -0.3 is 15.0 Å². The van der Waals surface area contributed by atoms with Crippen molar-refractivity contribution in [1.82, 2.24) is 5.32 Å². The zero-order valence-electron chi connectivity index (χ0n) is 15.2. The molecule has 0 saturated carbocycles. The summed E-state index contributed by atoms with van der Waals surface area (Å²) >= 11 is 0. The van der Waals surface area contributed by atoms with E-state index in [0.29, 0.717) is 6.54 Å². The van der Waals surface area contributed by atoms with Gasteiger partial charge in [0, 0.05) is 19.2 Å². The lowest BCUT2D eigenvalue weighted by atomic mass is 9.99. The maximum Gasteiger partial charge on any atom is 0.229 e. The van der Waals surface area contributed by atoms with Crippen molar-refractivity contribution in [2.24, 2.45) is 0 Å². The van der Waals surface area contributed by atoms with Gasteiger partial charge in [-0.2, -0.15) is 0 Å². The van der Waals surface area contributed by atoms with Crippen molar-refractivity contribution in [2.75, 3.05) is 18.6 Å². The molecule has 1 N–H and O–H groups in total. The van der Waals surface area contributed by atoms with Crippen LogP contribution in [0.1, 0.15) is 36.9 Å². The van der Waals surface area contributed by atoms with E-state index in [0.717, 1.165) is 29.8 Å². The van der Waals surface area contributed by atoms with Gasteiger partial charge in [0.1, 0.15) is 5.75 Å². The third-order valence-electron chi connectivity index (χ3n) is 4.69. The van der Waals surface area contributed by atoms with Gasteiger partial charge in [-0.3, -0.25) is 9.59 Å². The summed E-state index contributed by atoms with van der Waals surface area (Å²) < 4.78 is 5.18. The van der Waals surface area contributed by atoms with Gasteiger partial charge in [-0.25, -0.2) is 0 Å². The molecule has 3 rings (SSSR count). The van der Waals surface area contributed by atoms with E-state index in [2.05, 4.69) is 11.4 Å². The number of nitrogens with one attached hydrogen (secondary N) is 1. The molecule has 5 nitrogen and oxygen atoms in total. The largest absolute Gasteiger partial charge is 0.497 e. The van der Waals surface area contributed by atoms with E-state index in [4.69, 9.17) is 4.74 Å². The van der Waals surface area contributed by atoms with Crippen LogP contribution >= 0.6 is 0 Å². The SMILES string of the molecule is COc1ccc([C@H](CC(=O)N2CCCc3ccccc32)NC(C)=O)cc1. The van der Waals surface area contributed by atoms with Crippen molar-refractivity contribution in [2.45, 2.75) is 32.2 Å². The molecule has 0 radical (unpaired) electrons. The molecule has 1 heterocycles. The van der Waals surface area contributed by atoms with Gasteiger partial charge in [0.05, 0.1) is 19.6 Å². The van der Waals surface area contributed by atoms with Gasteiger partial charge in [-0.05, 0) is 42.2 Å². The van der Waals surface area contributed by atoms with Gasteiger partial charge in [0.15, 0.2) is 0 Å². The third kappa shape index (κ3) is 4.04. The van der Waals surface area contributed by atoms with Crippen LogP contribution in [-0.2, 0) is 16.0 Å². The Kier molecular flexibility index (Phi) is 5.56. The van der Waals surface area contributed by atoms with Gasteiger partial charge >= 0.3 is 0 Å². The first kappa shape index (κ1) is 18.0. The molecule has 0 aromatic heterocycles. The molecule has 2 aromatic carbocycles. The maximum absolute atomic E-state index is 13.0. The van der Waals surface area contributed by atoms with Crippen LogP contribution in [0.4, 0.5) is 5.69 Å². The number of benzene rings is 2. The fourth-order valence-electron chi connectivity index (χ4n) is 3.41. The molecule has 1 aliphatic heterocycles. The number of carbonyl (C=O) groups excluding carboxylic acids is 2. The highest BCUT2D eigenvalue weighted by molar-refractivity contribution is 5.95. The predicted molar refractivity (Wildman–Crippen MR) is 101 cm³/mol. The lowest BCUT2D eigenvalue weighted by molar-refractivity contribution is -0.121. The minimum absolute atomic E-state index is 0.0201. The molecule has 136 valence electrons. The first-order valence-electron chi connectivity index (χ1n) is 8.88. The number of ether oxygens (including phenoxy) is 1. The molecule has 0 aliphatic carbocycles. The second-order valence-electron chi connectivity index (χ2n) is 6.51. The van der Waals surface area contributed by atoms with E-state index in [9.17, 15) is 9.59 Å². The summed E-state index contributed by atoms with van der Waals surface area (Å²) in [6.07, 6.45) is 2.17. The number of methoxy groups -OCH3 is 1. The number of rotatable bonds is 5. The summed E-state index contributed by atoms with van der Waals surface area (Å²) in [7, 11) is 1.61. The molecule has 1 aliphatic rings. The van der Waals surface area contributed by atoms with Gasteiger partial charge in [-0.15, -0.1) is 0 Å². The van der Waals surface area contributed by atoms with E-state index in [1.54, 1.807) is 7.11 Å². The topological polar surface area (TPSA) is 58.6 Å². The number of fused-ring (bicyclic) bond motifs is 1. The zero-order valence-corrected chi connectivity index (χ0v) is 15.2. The summed E-state index contributed by atoms with van der Waals surface area (Å²) in [6.45, 7) is 2.18. The normalized spacial score (nSPS) is 14.3. The molecule has 1 atom stereocenters. The Balaban J connectivity index is 1.80. The molecular formula is C21H24N2O3. The van der Waals surface area contributed by atoms with Crippen molar-refractivity contribution in [3.8, 4) is 5.75 Å². The quantitative estimate of drug-likeness (QED) is 0.899. The minimum Gasteiger partial charge on any atom is -0.497 e. The third-order valence-corrected chi connectivity index (χ3v) is 4.69. The van der Waals surface area contributed by atoms with Crippen molar-refractivity contribution in [3.63, 3.8) is 0 Å². The highest BCUT2D eigenvalue weighted by Gasteiger charge is 2.25. The van der Waals surface area contributed by atoms with E-state index >= 15 is 0 Å². The molecule has 0 spiro atoms. The number of hydrogen-bond donors (Lipinski definition) is 1. The Labute approximate surface area is 154 Å². The second-order valence-corrected chi connectivity index (χ2v) is 6.51. The highest BCUT2D eigenvalue weighted by Crippen LogP contribution is 2.29.